The summed E-state index contributed by atoms with van der Waals surface area (Å²) in [5.74, 6) is -1.38. The van der Waals surface area contributed by atoms with Crippen molar-refractivity contribution in [2.45, 2.75) is 25.9 Å². The lowest BCUT2D eigenvalue weighted by Crippen LogP contribution is -2.39. The Labute approximate surface area is 110 Å². The third kappa shape index (κ3) is 2.22. The lowest BCUT2D eigenvalue weighted by Gasteiger charge is -2.27. The molecule has 1 saturated heterocycles. The molecule has 1 aliphatic heterocycles. The van der Waals surface area contributed by atoms with E-state index in [1.54, 1.807) is 13.0 Å². The fraction of sp³-hybridized carbons (Fsp3) is 0.462. The lowest BCUT2D eigenvalue weighted by atomic mass is 9.76. The Morgan fingerprint density at radius 1 is 1.67 bits per heavy atom. The third-order valence-electron chi connectivity index (χ3n) is 3.62. The van der Waals surface area contributed by atoms with Crippen LogP contribution >= 0.6 is 11.6 Å². The van der Waals surface area contributed by atoms with Crippen LogP contribution in [0.5, 0.6) is 0 Å². The van der Waals surface area contributed by atoms with Gasteiger partial charge in [-0.25, -0.2) is 4.39 Å². The van der Waals surface area contributed by atoms with Crippen molar-refractivity contribution < 1.29 is 19.0 Å². The highest BCUT2D eigenvalue weighted by Crippen LogP contribution is 2.39. The summed E-state index contributed by atoms with van der Waals surface area (Å²) in [5, 5.41) is 9.45. The fourth-order valence-corrected chi connectivity index (χ4v) is 2.59. The van der Waals surface area contributed by atoms with Crippen molar-refractivity contribution in [3.8, 4) is 0 Å². The summed E-state index contributed by atoms with van der Waals surface area (Å²) in [4.78, 5) is 11.5. The Kier molecular flexibility index (Phi) is 3.59. The van der Waals surface area contributed by atoms with Gasteiger partial charge in [0.05, 0.1) is 16.5 Å². The van der Waals surface area contributed by atoms with Gasteiger partial charge < -0.3 is 9.84 Å². The van der Waals surface area contributed by atoms with E-state index in [4.69, 9.17) is 16.3 Å². The fourth-order valence-electron chi connectivity index (χ4n) is 2.38. The number of carbonyl (C=O) groups is 1. The van der Waals surface area contributed by atoms with Crippen molar-refractivity contribution in [2.24, 2.45) is 5.41 Å². The third-order valence-corrected chi connectivity index (χ3v) is 3.91. The van der Waals surface area contributed by atoms with Gasteiger partial charge in [0.25, 0.3) is 0 Å². The highest BCUT2D eigenvalue weighted by Gasteiger charge is 2.48. The molecule has 3 nitrogen and oxygen atoms in total. The normalized spacial score (nSPS) is 27.4. The molecule has 0 amide bonds. The van der Waals surface area contributed by atoms with Crippen molar-refractivity contribution in [1.29, 1.82) is 0 Å². The molecule has 18 heavy (non-hydrogen) atoms. The molecule has 0 aliphatic carbocycles. The molecule has 1 heterocycles. The first-order valence-corrected chi connectivity index (χ1v) is 6.12. The summed E-state index contributed by atoms with van der Waals surface area (Å²) in [6.45, 7) is 2.19. The summed E-state index contributed by atoms with van der Waals surface area (Å²) in [5.41, 5.74) is -0.234. The SMILES string of the molecule is CC1OCCC1(Cc1ccc(F)c(Cl)c1)C(=O)O. The van der Waals surface area contributed by atoms with Gasteiger partial charge in [-0.05, 0) is 37.5 Å². The zero-order chi connectivity index (χ0) is 13.3. The van der Waals surface area contributed by atoms with Crippen LogP contribution in [0, 0.1) is 11.2 Å². The molecule has 5 heteroatoms. The van der Waals surface area contributed by atoms with Gasteiger partial charge in [-0.2, -0.15) is 0 Å². The molecule has 1 aromatic rings. The summed E-state index contributed by atoms with van der Waals surface area (Å²) < 4.78 is 18.4. The van der Waals surface area contributed by atoms with Crippen LogP contribution < -0.4 is 0 Å². The average molecular weight is 273 g/mol. The first-order valence-electron chi connectivity index (χ1n) is 5.74. The number of ether oxygens (including phenoxy) is 1. The number of hydrogen-bond acceptors (Lipinski definition) is 2. The maximum atomic E-state index is 13.1. The van der Waals surface area contributed by atoms with Crippen LogP contribution in [0.15, 0.2) is 18.2 Å². The van der Waals surface area contributed by atoms with Crippen LogP contribution in [-0.2, 0) is 16.0 Å². The van der Waals surface area contributed by atoms with E-state index in [1.165, 1.54) is 12.1 Å². The lowest BCUT2D eigenvalue weighted by molar-refractivity contribution is -0.151. The molecule has 0 spiro atoms. The summed E-state index contributed by atoms with van der Waals surface area (Å²) >= 11 is 5.71. The number of carboxylic acid groups (broad SMARTS) is 1. The number of hydrogen-bond donors (Lipinski definition) is 1. The van der Waals surface area contributed by atoms with Crippen LogP contribution in [0.3, 0.4) is 0 Å². The molecule has 2 unspecified atom stereocenters. The van der Waals surface area contributed by atoms with E-state index in [2.05, 4.69) is 0 Å². The molecule has 98 valence electrons. The Balaban J connectivity index is 2.29. The summed E-state index contributed by atoms with van der Waals surface area (Å²) in [7, 11) is 0. The first kappa shape index (κ1) is 13.3. The van der Waals surface area contributed by atoms with E-state index >= 15 is 0 Å². The average Bonchev–Trinajstić information content (AvgIpc) is 2.67. The minimum atomic E-state index is -0.943. The summed E-state index contributed by atoms with van der Waals surface area (Å²) in [6.07, 6.45) is 0.390. The number of aliphatic carboxylic acids is 1. The summed E-state index contributed by atoms with van der Waals surface area (Å²) in [6, 6.07) is 4.30. The Hall–Kier alpha value is -1.13. The minimum absolute atomic E-state index is 0.0135. The van der Waals surface area contributed by atoms with E-state index < -0.39 is 17.2 Å². The molecule has 0 radical (unpaired) electrons. The maximum absolute atomic E-state index is 13.1. The van der Waals surface area contributed by atoms with Gasteiger partial charge >= 0.3 is 5.97 Å². The monoisotopic (exact) mass is 272 g/mol. The Bertz CT molecular complexity index is 477. The van der Waals surface area contributed by atoms with Gasteiger partial charge in [-0.3, -0.25) is 4.79 Å². The van der Waals surface area contributed by atoms with Crippen molar-refractivity contribution in [3.05, 3.63) is 34.6 Å². The zero-order valence-corrected chi connectivity index (χ0v) is 10.7. The second kappa shape index (κ2) is 4.86. The first-order chi connectivity index (χ1) is 8.45. The van der Waals surface area contributed by atoms with Gasteiger partial charge in [-0.15, -0.1) is 0 Å². The Morgan fingerprint density at radius 2 is 2.39 bits per heavy atom. The van der Waals surface area contributed by atoms with Gasteiger partial charge in [0.15, 0.2) is 0 Å². The standard InChI is InChI=1S/C13H14ClFO3/c1-8-13(12(16)17,4-5-18-8)7-9-2-3-11(15)10(14)6-9/h2-3,6,8H,4-5,7H2,1H3,(H,16,17). The van der Waals surface area contributed by atoms with Crippen LogP contribution in [0.1, 0.15) is 18.9 Å². The van der Waals surface area contributed by atoms with Crippen molar-refractivity contribution in [2.75, 3.05) is 6.61 Å². The maximum Gasteiger partial charge on any atom is 0.312 e. The molecule has 1 aromatic carbocycles. The van der Waals surface area contributed by atoms with Crippen molar-refractivity contribution >= 4 is 17.6 Å². The number of carboxylic acids is 1. The highest BCUT2D eigenvalue weighted by molar-refractivity contribution is 6.30. The molecule has 1 fully saturated rings. The second-order valence-electron chi connectivity index (χ2n) is 4.65. The predicted octanol–water partition coefficient (Wildman–Crippen LogP) is 2.90. The van der Waals surface area contributed by atoms with E-state index in [-0.39, 0.29) is 11.1 Å². The highest BCUT2D eigenvalue weighted by atomic mass is 35.5. The van der Waals surface area contributed by atoms with E-state index in [0.29, 0.717) is 25.0 Å². The molecule has 0 aromatic heterocycles. The van der Waals surface area contributed by atoms with Crippen LogP contribution in [0.4, 0.5) is 4.39 Å². The quantitative estimate of drug-likeness (QED) is 0.920. The molecule has 2 atom stereocenters. The predicted molar refractivity (Wildman–Crippen MR) is 65.2 cm³/mol. The van der Waals surface area contributed by atoms with Crippen LogP contribution in [0.25, 0.3) is 0 Å². The number of rotatable bonds is 3. The van der Waals surface area contributed by atoms with Gasteiger partial charge in [0, 0.05) is 6.61 Å². The topological polar surface area (TPSA) is 46.5 Å². The molecule has 1 aliphatic rings. The van der Waals surface area contributed by atoms with Gasteiger partial charge in [0.1, 0.15) is 5.82 Å². The second-order valence-corrected chi connectivity index (χ2v) is 5.06. The van der Waals surface area contributed by atoms with Crippen molar-refractivity contribution in [1.82, 2.24) is 0 Å². The molecular weight excluding hydrogens is 259 g/mol. The van der Waals surface area contributed by atoms with E-state index in [1.807, 2.05) is 0 Å². The zero-order valence-electron chi connectivity index (χ0n) is 9.95. The molecule has 0 bridgehead atoms. The van der Waals surface area contributed by atoms with Crippen molar-refractivity contribution in [3.63, 3.8) is 0 Å². The van der Waals surface area contributed by atoms with E-state index in [0.717, 1.165) is 0 Å². The van der Waals surface area contributed by atoms with Crippen LogP contribution in [0.2, 0.25) is 5.02 Å². The molecule has 0 saturated carbocycles. The minimum Gasteiger partial charge on any atom is -0.481 e. The number of halogens is 2. The van der Waals surface area contributed by atoms with Gasteiger partial charge in [0.2, 0.25) is 0 Å². The largest absolute Gasteiger partial charge is 0.481 e. The van der Waals surface area contributed by atoms with Crippen LogP contribution in [-0.4, -0.2) is 23.8 Å². The molecule has 1 N–H and O–H groups in total. The smallest absolute Gasteiger partial charge is 0.312 e. The molecule has 2 rings (SSSR count). The molecular formula is C13H14ClFO3. The van der Waals surface area contributed by atoms with E-state index in [9.17, 15) is 14.3 Å². The Morgan fingerprint density at radius 3 is 2.89 bits per heavy atom. The number of benzene rings is 1. The van der Waals surface area contributed by atoms with Gasteiger partial charge in [-0.1, -0.05) is 17.7 Å².